The number of hydrogen-bond acceptors (Lipinski definition) is 5. The highest BCUT2D eigenvalue weighted by molar-refractivity contribution is 6.05. The van der Waals surface area contributed by atoms with E-state index in [-0.39, 0.29) is 12.5 Å². The van der Waals surface area contributed by atoms with Gasteiger partial charge in [0.2, 0.25) is 0 Å². The van der Waals surface area contributed by atoms with Crippen molar-refractivity contribution in [1.82, 2.24) is 19.7 Å². The van der Waals surface area contributed by atoms with Crippen molar-refractivity contribution in [3.63, 3.8) is 0 Å². The quantitative estimate of drug-likeness (QED) is 0.543. The molecule has 3 heterocycles. The number of carbonyl (C=O) groups is 1. The van der Waals surface area contributed by atoms with Gasteiger partial charge in [-0.25, -0.2) is 0 Å². The molecule has 0 amide bonds. The van der Waals surface area contributed by atoms with E-state index >= 15 is 0 Å². The lowest BCUT2D eigenvalue weighted by atomic mass is 10.0. The minimum Gasteiger partial charge on any atom is -0.468 e. The van der Waals surface area contributed by atoms with Crippen molar-refractivity contribution in [3.05, 3.63) is 55.1 Å². The lowest BCUT2D eigenvalue weighted by molar-refractivity contribution is -0.141. The van der Waals surface area contributed by atoms with Crippen LogP contribution >= 0.6 is 0 Å². The number of aromatic nitrogens is 4. The number of carbonyl (C=O) groups excluding carboxylic acids is 1. The Morgan fingerprint density at radius 3 is 2.83 bits per heavy atom. The van der Waals surface area contributed by atoms with Gasteiger partial charge in [0.25, 0.3) is 0 Å². The molecule has 4 rings (SSSR count). The molecule has 0 atom stereocenters. The Hall–Kier alpha value is -3.28. The third kappa shape index (κ3) is 2.38. The Kier molecular flexibility index (Phi) is 3.42. The van der Waals surface area contributed by atoms with E-state index in [1.165, 1.54) is 7.11 Å². The second-order valence-electron chi connectivity index (χ2n) is 5.41. The minimum atomic E-state index is -0.343. The van der Waals surface area contributed by atoms with Gasteiger partial charge in [0, 0.05) is 28.7 Å². The van der Waals surface area contributed by atoms with Gasteiger partial charge in [0.15, 0.2) is 0 Å². The van der Waals surface area contributed by atoms with E-state index in [2.05, 4.69) is 21.1 Å². The zero-order valence-corrected chi connectivity index (χ0v) is 13.0. The topological polar surface area (TPSA) is 69.9 Å². The highest BCUT2D eigenvalue weighted by Crippen LogP contribution is 2.28. The highest BCUT2D eigenvalue weighted by atomic mass is 16.5. The van der Waals surface area contributed by atoms with Crippen LogP contribution in [0.2, 0.25) is 0 Å². The molecule has 118 valence electrons. The zero-order chi connectivity index (χ0) is 16.5. The van der Waals surface area contributed by atoms with Crippen LogP contribution in [0.1, 0.15) is 0 Å². The number of rotatable bonds is 3. The first-order valence-electron chi connectivity index (χ1n) is 7.48. The van der Waals surface area contributed by atoms with E-state index in [1.54, 1.807) is 23.3 Å². The third-order valence-corrected chi connectivity index (χ3v) is 3.99. The number of nitrogens with zero attached hydrogens (tertiary/aromatic N) is 4. The van der Waals surface area contributed by atoms with Crippen molar-refractivity contribution in [2.75, 3.05) is 7.11 Å². The summed E-state index contributed by atoms with van der Waals surface area (Å²) in [5.74, 6) is -0.343. The van der Waals surface area contributed by atoms with Crippen molar-refractivity contribution in [3.8, 4) is 11.1 Å². The zero-order valence-electron chi connectivity index (χ0n) is 13.0. The maximum Gasteiger partial charge on any atom is 0.327 e. The molecule has 4 aromatic rings. The van der Waals surface area contributed by atoms with Crippen molar-refractivity contribution in [2.45, 2.75) is 6.54 Å². The molecule has 0 radical (unpaired) electrons. The van der Waals surface area contributed by atoms with Crippen LogP contribution in [0.25, 0.3) is 32.9 Å². The third-order valence-electron chi connectivity index (χ3n) is 3.99. The summed E-state index contributed by atoms with van der Waals surface area (Å²) in [6.45, 7) is 0.0650. The van der Waals surface area contributed by atoms with Crippen LogP contribution < -0.4 is 0 Å². The maximum absolute atomic E-state index is 11.5. The van der Waals surface area contributed by atoms with Crippen LogP contribution in [0.15, 0.2) is 55.1 Å². The number of hydrogen-bond donors (Lipinski definition) is 0. The molecule has 0 saturated heterocycles. The summed E-state index contributed by atoms with van der Waals surface area (Å²) in [7, 11) is 1.36. The number of ether oxygens (including phenoxy) is 1. The molecule has 0 saturated carbocycles. The van der Waals surface area contributed by atoms with Gasteiger partial charge in [0.05, 0.1) is 30.5 Å². The van der Waals surface area contributed by atoms with E-state index in [4.69, 9.17) is 4.74 Å². The molecule has 0 unspecified atom stereocenters. The van der Waals surface area contributed by atoms with Crippen LogP contribution in [-0.4, -0.2) is 32.8 Å². The lowest BCUT2D eigenvalue weighted by Crippen LogP contribution is -2.12. The molecule has 1 aromatic carbocycles. The molecule has 0 aliphatic carbocycles. The van der Waals surface area contributed by atoms with E-state index in [9.17, 15) is 4.79 Å². The van der Waals surface area contributed by atoms with Gasteiger partial charge in [-0.05, 0) is 23.8 Å². The Morgan fingerprint density at radius 2 is 2.04 bits per heavy atom. The first-order valence-corrected chi connectivity index (χ1v) is 7.48. The van der Waals surface area contributed by atoms with Crippen LogP contribution in [0.5, 0.6) is 0 Å². The number of methoxy groups -OCH3 is 1. The number of pyridine rings is 2. The molecule has 0 aliphatic heterocycles. The van der Waals surface area contributed by atoms with Gasteiger partial charge in [-0.1, -0.05) is 12.1 Å². The average Bonchev–Trinajstić information content (AvgIpc) is 3.05. The van der Waals surface area contributed by atoms with Gasteiger partial charge >= 0.3 is 5.97 Å². The Balaban J connectivity index is 1.89. The second kappa shape index (κ2) is 5.73. The van der Waals surface area contributed by atoms with E-state index in [1.807, 2.05) is 30.5 Å². The summed E-state index contributed by atoms with van der Waals surface area (Å²) in [5.41, 5.74) is 3.79. The fraction of sp³-hybridized carbons (Fsp3) is 0.111. The molecule has 24 heavy (non-hydrogen) atoms. The lowest BCUT2D eigenvalue weighted by Gasteiger charge is -2.05. The number of benzene rings is 1. The van der Waals surface area contributed by atoms with Crippen molar-refractivity contribution < 1.29 is 9.53 Å². The smallest absolute Gasteiger partial charge is 0.327 e. The molecule has 3 aromatic heterocycles. The van der Waals surface area contributed by atoms with Crippen LogP contribution in [0, 0.1) is 0 Å². The molecule has 6 nitrogen and oxygen atoms in total. The SMILES string of the molecule is COC(=O)Cn1ncc2c3cc(-c4cccnc4)ccc3ncc21. The molecule has 0 fully saturated rings. The molecule has 0 bridgehead atoms. The van der Waals surface area contributed by atoms with E-state index in [0.29, 0.717) is 0 Å². The Bertz CT molecular complexity index is 1040. The predicted molar refractivity (Wildman–Crippen MR) is 90.3 cm³/mol. The van der Waals surface area contributed by atoms with Gasteiger partial charge < -0.3 is 4.74 Å². The Morgan fingerprint density at radius 1 is 1.12 bits per heavy atom. The van der Waals surface area contributed by atoms with E-state index < -0.39 is 0 Å². The van der Waals surface area contributed by atoms with Gasteiger partial charge in [-0.3, -0.25) is 19.4 Å². The maximum atomic E-state index is 11.5. The monoisotopic (exact) mass is 318 g/mol. The summed E-state index contributed by atoms with van der Waals surface area (Å²) in [6, 6.07) is 10.0. The first kappa shape index (κ1) is 14.3. The fourth-order valence-corrected chi connectivity index (χ4v) is 2.76. The molecule has 0 spiro atoms. The number of fused-ring (bicyclic) bond motifs is 3. The molecule has 6 heteroatoms. The fourth-order valence-electron chi connectivity index (χ4n) is 2.76. The standard InChI is InChI=1S/C18H14N4O2/c1-24-18(23)11-22-17-10-20-16-5-4-12(13-3-2-6-19-8-13)7-14(16)15(17)9-21-22/h2-10H,11H2,1H3. The molecular formula is C18H14N4O2. The van der Waals surface area contributed by atoms with Gasteiger partial charge in [0.1, 0.15) is 6.54 Å². The van der Waals surface area contributed by atoms with Crippen LogP contribution in [-0.2, 0) is 16.1 Å². The summed E-state index contributed by atoms with van der Waals surface area (Å²) in [6.07, 6.45) is 7.07. The minimum absolute atomic E-state index is 0.0650. The molecule has 0 N–H and O–H groups in total. The summed E-state index contributed by atoms with van der Waals surface area (Å²) in [4.78, 5) is 20.2. The average molecular weight is 318 g/mol. The molecule has 0 aliphatic rings. The van der Waals surface area contributed by atoms with Crippen molar-refractivity contribution >= 4 is 27.8 Å². The largest absolute Gasteiger partial charge is 0.468 e. The molecular weight excluding hydrogens is 304 g/mol. The van der Waals surface area contributed by atoms with Crippen LogP contribution in [0.3, 0.4) is 0 Å². The highest BCUT2D eigenvalue weighted by Gasteiger charge is 2.11. The van der Waals surface area contributed by atoms with E-state index in [0.717, 1.165) is 32.9 Å². The van der Waals surface area contributed by atoms with Crippen molar-refractivity contribution in [1.29, 1.82) is 0 Å². The second-order valence-corrected chi connectivity index (χ2v) is 5.41. The van der Waals surface area contributed by atoms with Gasteiger partial charge in [-0.2, -0.15) is 5.10 Å². The predicted octanol–water partition coefficient (Wildman–Crippen LogP) is 2.82. The van der Waals surface area contributed by atoms with Gasteiger partial charge in [-0.15, -0.1) is 0 Å². The first-order chi connectivity index (χ1) is 11.8. The summed E-state index contributed by atoms with van der Waals surface area (Å²) >= 11 is 0. The Labute approximate surface area is 137 Å². The van der Waals surface area contributed by atoms with Crippen molar-refractivity contribution in [2.24, 2.45) is 0 Å². The normalized spacial score (nSPS) is 11.0. The number of esters is 1. The van der Waals surface area contributed by atoms with Crippen LogP contribution in [0.4, 0.5) is 0 Å². The summed E-state index contributed by atoms with van der Waals surface area (Å²) < 4.78 is 6.31. The summed E-state index contributed by atoms with van der Waals surface area (Å²) in [5, 5.41) is 6.24.